The molecule has 0 spiro atoms. The summed E-state index contributed by atoms with van der Waals surface area (Å²) in [5.41, 5.74) is 1.75. The van der Waals surface area contributed by atoms with Crippen molar-refractivity contribution >= 4 is 21.6 Å². The Morgan fingerprint density at radius 2 is 1.77 bits per heavy atom. The monoisotopic (exact) mass is 339 g/mol. The second kappa shape index (κ2) is 7.63. The molecule has 0 radical (unpaired) electrons. The molecule has 0 amide bonds. The van der Waals surface area contributed by atoms with E-state index in [0.717, 1.165) is 11.1 Å². The molecule has 0 aliphatic rings. The van der Waals surface area contributed by atoms with Crippen molar-refractivity contribution in [3.8, 4) is 5.75 Å². The number of hydrogen-bond donors (Lipinski definition) is 1. The van der Waals surface area contributed by atoms with Crippen molar-refractivity contribution in [1.29, 1.82) is 0 Å². The molecule has 0 heterocycles. The van der Waals surface area contributed by atoms with E-state index in [4.69, 9.17) is 16.3 Å². The van der Waals surface area contributed by atoms with Crippen LogP contribution in [0.5, 0.6) is 5.75 Å². The van der Waals surface area contributed by atoms with Crippen LogP contribution < -0.4 is 9.46 Å². The van der Waals surface area contributed by atoms with Gasteiger partial charge in [-0.1, -0.05) is 48.0 Å². The molecule has 2 rings (SSSR count). The third-order valence-electron chi connectivity index (χ3n) is 3.13. The van der Waals surface area contributed by atoms with Crippen molar-refractivity contribution in [2.75, 3.05) is 13.2 Å². The minimum atomic E-state index is -3.38. The lowest BCUT2D eigenvalue weighted by Gasteiger charge is -2.10. The predicted octanol–water partition coefficient (Wildman–Crippen LogP) is 3.15. The van der Waals surface area contributed by atoms with Crippen LogP contribution in [0.1, 0.15) is 11.1 Å². The fourth-order valence-electron chi connectivity index (χ4n) is 1.95. The number of hydrogen-bond acceptors (Lipinski definition) is 3. The third kappa shape index (κ3) is 5.02. The van der Waals surface area contributed by atoms with E-state index in [1.54, 1.807) is 18.2 Å². The van der Waals surface area contributed by atoms with Gasteiger partial charge in [0.15, 0.2) is 0 Å². The highest BCUT2D eigenvalue weighted by Gasteiger charge is 2.12. The van der Waals surface area contributed by atoms with E-state index in [0.29, 0.717) is 10.8 Å². The largest absolute Gasteiger partial charge is 0.491 e. The standard InChI is InChI=1S/C16H18ClNO3S/c1-13-6-2-3-7-14(13)12-22(19,20)18-10-11-21-16-9-5-4-8-15(16)17/h2-9,18H,10-12H2,1H3. The van der Waals surface area contributed by atoms with Crippen LogP contribution in [0, 0.1) is 6.92 Å². The highest BCUT2D eigenvalue weighted by Crippen LogP contribution is 2.22. The number of rotatable bonds is 7. The fraction of sp³-hybridized carbons (Fsp3) is 0.250. The number of ether oxygens (including phenoxy) is 1. The van der Waals surface area contributed by atoms with Gasteiger partial charge in [-0.25, -0.2) is 13.1 Å². The van der Waals surface area contributed by atoms with Gasteiger partial charge in [0.1, 0.15) is 12.4 Å². The first-order chi connectivity index (χ1) is 10.5. The van der Waals surface area contributed by atoms with Crippen LogP contribution in [0.25, 0.3) is 0 Å². The molecule has 22 heavy (non-hydrogen) atoms. The lowest BCUT2D eigenvalue weighted by Crippen LogP contribution is -2.29. The van der Waals surface area contributed by atoms with Crippen molar-refractivity contribution in [2.45, 2.75) is 12.7 Å². The fourth-order valence-corrected chi connectivity index (χ4v) is 3.37. The summed E-state index contributed by atoms with van der Waals surface area (Å²) in [4.78, 5) is 0. The Kier molecular flexibility index (Phi) is 5.83. The summed E-state index contributed by atoms with van der Waals surface area (Å²) in [6.07, 6.45) is 0. The minimum absolute atomic E-state index is 0.0359. The Balaban J connectivity index is 1.83. The second-order valence-corrected chi connectivity index (χ2v) is 7.07. The molecule has 0 fully saturated rings. The Bertz CT molecular complexity index is 732. The molecule has 118 valence electrons. The van der Waals surface area contributed by atoms with E-state index in [-0.39, 0.29) is 18.9 Å². The van der Waals surface area contributed by atoms with Crippen molar-refractivity contribution < 1.29 is 13.2 Å². The molecule has 0 saturated carbocycles. The van der Waals surface area contributed by atoms with Crippen molar-refractivity contribution in [3.05, 3.63) is 64.7 Å². The van der Waals surface area contributed by atoms with E-state index in [2.05, 4.69) is 4.72 Å². The maximum absolute atomic E-state index is 12.0. The molecule has 0 saturated heterocycles. The molecular weight excluding hydrogens is 322 g/mol. The van der Waals surface area contributed by atoms with Crippen LogP contribution >= 0.6 is 11.6 Å². The van der Waals surface area contributed by atoms with E-state index in [1.807, 2.05) is 37.3 Å². The maximum Gasteiger partial charge on any atom is 0.215 e. The third-order valence-corrected chi connectivity index (χ3v) is 4.77. The Morgan fingerprint density at radius 3 is 2.50 bits per heavy atom. The predicted molar refractivity (Wildman–Crippen MR) is 88.8 cm³/mol. The van der Waals surface area contributed by atoms with Crippen molar-refractivity contribution in [3.63, 3.8) is 0 Å². The van der Waals surface area contributed by atoms with Gasteiger partial charge in [-0.2, -0.15) is 0 Å². The summed E-state index contributed by atoms with van der Waals surface area (Å²) in [5, 5.41) is 0.505. The quantitative estimate of drug-likeness (QED) is 0.788. The molecule has 0 bridgehead atoms. The molecule has 0 aliphatic carbocycles. The topological polar surface area (TPSA) is 55.4 Å². The van der Waals surface area contributed by atoms with Gasteiger partial charge >= 0.3 is 0 Å². The second-order valence-electron chi connectivity index (χ2n) is 4.86. The van der Waals surface area contributed by atoms with Crippen LogP contribution in [0.15, 0.2) is 48.5 Å². The molecule has 0 unspecified atom stereocenters. The summed E-state index contributed by atoms with van der Waals surface area (Å²) in [5.74, 6) is 0.508. The number of halogens is 1. The zero-order chi connectivity index (χ0) is 16.0. The molecule has 0 aliphatic heterocycles. The summed E-state index contributed by atoms with van der Waals surface area (Å²) in [7, 11) is -3.38. The minimum Gasteiger partial charge on any atom is -0.491 e. The summed E-state index contributed by atoms with van der Waals surface area (Å²) >= 11 is 5.95. The maximum atomic E-state index is 12.0. The molecule has 2 aromatic carbocycles. The van der Waals surface area contributed by atoms with Crippen LogP contribution in [-0.2, 0) is 15.8 Å². The number of nitrogens with one attached hydrogen (secondary N) is 1. The molecule has 2 aromatic rings. The van der Waals surface area contributed by atoms with Gasteiger partial charge in [-0.15, -0.1) is 0 Å². The zero-order valence-electron chi connectivity index (χ0n) is 12.3. The van der Waals surface area contributed by atoms with Crippen LogP contribution in [0.2, 0.25) is 5.02 Å². The average Bonchev–Trinajstić information content (AvgIpc) is 2.47. The molecule has 6 heteroatoms. The molecule has 4 nitrogen and oxygen atoms in total. The van der Waals surface area contributed by atoms with Gasteiger partial charge in [0.25, 0.3) is 0 Å². The van der Waals surface area contributed by atoms with Gasteiger partial charge in [0.2, 0.25) is 10.0 Å². The lowest BCUT2D eigenvalue weighted by atomic mass is 10.1. The van der Waals surface area contributed by atoms with E-state index in [1.165, 1.54) is 0 Å². The van der Waals surface area contributed by atoms with Gasteiger partial charge in [0.05, 0.1) is 10.8 Å². The summed E-state index contributed by atoms with van der Waals surface area (Å²) in [6, 6.07) is 14.5. The first-order valence-corrected chi connectivity index (χ1v) is 8.90. The average molecular weight is 340 g/mol. The first-order valence-electron chi connectivity index (χ1n) is 6.87. The van der Waals surface area contributed by atoms with E-state index in [9.17, 15) is 8.42 Å². The SMILES string of the molecule is Cc1ccccc1CS(=O)(=O)NCCOc1ccccc1Cl. The van der Waals surface area contributed by atoms with Gasteiger partial charge in [-0.05, 0) is 30.2 Å². The lowest BCUT2D eigenvalue weighted by molar-refractivity contribution is 0.323. The molecular formula is C16H18ClNO3S. The summed E-state index contributed by atoms with van der Waals surface area (Å²) in [6.45, 7) is 2.31. The van der Waals surface area contributed by atoms with E-state index >= 15 is 0 Å². The van der Waals surface area contributed by atoms with Gasteiger partial charge in [-0.3, -0.25) is 0 Å². The highest BCUT2D eigenvalue weighted by atomic mass is 35.5. The van der Waals surface area contributed by atoms with Gasteiger partial charge in [0, 0.05) is 6.54 Å². The number of benzene rings is 2. The Labute approximate surface area is 136 Å². The molecule has 1 N–H and O–H groups in total. The zero-order valence-corrected chi connectivity index (χ0v) is 13.8. The number of sulfonamides is 1. The van der Waals surface area contributed by atoms with Crippen LogP contribution in [0.3, 0.4) is 0 Å². The van der Waals surface area contributed by atoms with Gasteiger partial charge < -0.3 is 4.74 Å². The van der Waals surface area contributed by atoms with Crippen LogP contribution in [-0.4, -0.2) is 21.6 Å². The van der Waals surface area contributed by atoms with Crippen molar-refractivity contribution in [2.24, 2.45) is 0 Å². The van der Waals surface area contributed by atoms with Crippen molar-refractivity contribution in [1.82, 2.24) is 4.72 Å². The molecule has 0 aromatic heterocycles. The normalized spacial score (nSPS) is 11.4. The Hall–Kier alpha value is -1.56. The van der Waals surface area contributed by atoms with Crippen LogP contribution in [0.4, 0.5) is 0 Å². The first kappa shape index (κ1) is 16.8. The number of para-hydroxylation sites is 1. The summed E-state index contributed by atoms with van der Waals surface area (Å²) < 4.78 is 32.1. The highest BCUT2D eigenvalue weighted by molar-refractivity contribution is 7.88. The van der Waals surface area contributed by atoms with E-state index < -0.39 is 10.0 Å². The smallest absolute Gasteiger partial charge is 0.215 e. The Morgan fingerprint density at radius 1 is 1.09 bits per heavy atom. The molecule has 0 atom stereocenters. The number of aryl methyl sites for hydroxylation is 1.